The zero-order valence-corrected chi connectivity index (χ0v) is 17.5. The highest BCUT2D eigenvalue weighted by atomic mass is 35.5. The standard InChI is InChI=1S/C20H31N3O.2ClH/c1-15-6-8-23(9-7-15)14-18-5-3-4-17(10-18)11-22-20(24)16(2)19-12-21-13-19;;/h3-5,10,15-16,19,21H,6-9,11-14H2,1-2H3,(H,22,24);2*1H. The van der Waals surface area contributed by atoms with Crippen molar-refractivity contribution in [3.8, 4) is 0 Å². The van der Waals surface area contributed by atoms with Crippen molar-refractivity contribution in [1.82, 2.24) is 15.5 Å². The molecule has 1 aromatic rings. The minimum atomic E-state index is 0. The molecule has 2 N–H and O–H groups in total. The first kappa shape index (κ1) is 23.2. The number of likely N-dealkylation sites (tertiary alicyclic amines) is 1. The lowest BCUT2D eigenvalue weighted by Crippen LogP contribution is -2.49. The molecule has 0 aromatic heterocycles. The van der Waals surface area contributed by atoms with Crippen LogP contribution in [0.3, 0.4) is 0 Å². The van der Waals surface area contributed by atoms with Crippen LogP contribution in [0.4, 0.5) is 0 Å². The fraction of sp³-hybridized carbons (Fsp3) is 0.650. The van der Waals surface area contributed by atoms with E-state index in [4.69, 9.17) is 0 Å². The minimum Gasteiger partial charge on any atom is -0.352 e. The van der Waals surface area contributed by atoms with Crippen molar-refractivity contribution < 1.29 is 4.79 Å². The maximum atomic E-state index is 12.2. The number of benzene rings is 1. The fourth-order valence-corrected chi connectivity index (χ4v) is 3.55. The van der Waals surface area contributed by atoms with Crippen molar-refractivity contribution in [3.05, 3.63) is 35.4 Å². The van der Waals surface area contributed by atoms with Gasteiger partial charge >= 0.3 is 0 Å². The number of halogens is 2. The summed E-state index contributed by atoms with van der Waals surface area (Å²) in [5.41, 5.74) is 2.55. The van der Waals surface area contributed by atoms with Crippen molar-refractivity contribution in [3.63, 3.8) is 0 Å². The third-order valence-electron chi connectivity index (χ3n) is 5.67. The van der Waals surface area contributed by atoms with Crippen LogP contribution in [-0.2, 0) is 17.9 Å². The maximum Gasteiger partial charge on any atom is 0.223 e. The molecule has 148 valence electrons. The molecule has 1 unspecified atom stereocenters. The Hall–Kier alpha value is -0.810. The summed E-state index contributed by atoms with van der Waals surface area (Å²) in [6.07, 6.45) is 2.62. The third-order valence-corrected chi connectivity index (χ3v) is 5.67. The summed E-state index contributed by atoms with van der Waals surface area (Å²) in [6.45, 7) is 10.4. The zero-order chi connectivity index (χ0) is 16.9. The average molecular weight is 402 g/mol. The highest BCUT2D eigenvalue weighted by Crippen LogP contribution is 2.19. The normalized spacial score (nSPS) is 19.6. The van der Waals surface area contributed by atoms with E-state index in [2.05, 4.69) is 46.7 Å². The SMILES string of the molecule is CC1CCN(Cc2cccc(CNC(=O)C(C)C3CNC3)c2)CC1.Cl.Cl. The summed E-state index contributed by atoms with van der Waals surface area (Å²) in [6, 6.07) is 8.67. The second kappa shape index (κ2) is 11.1. The molecule has 0 spiro atoms. The molecular weight excluding hydrogens is 369 g/mol. The van der Waals surface area contributed by atoms with E-state index in [9.17, 15) is 4.79 Å². The molecule has 0 aliphatic carbocycles. The number of hydrogen-bond acceptors (Lipinski definition) is 3. The van der Waals surface area contributed by atoms with Crippen LogP contribution in [0.2, 0.25) is 0 Å². The summed E-state index contributed by atoms with van der Waals surface area (Å²) in [5.74, 6) is 1.65. The zero-order valence-electron chi connectivity index (χ0n) is 15.9. The molecule has 1 aromatic carbocycles. The molecule has 1 atom stereocenters. The topological polar surface area (TPSA) is 44.4 Å². The van der Waals surface area contributed by atoms with Crippen molar-refractivity contribution in [2.45, 2.75) is 39.8 Å². The molecule has 2 aliphatic heterocycles. The molecule has 2 heterocycles. The number of carbonyl (C=O) groups is 1. The summed E-state index contributed by atoms with van der Waals surface area (Å²) in [5, 5.41) is 6.34. The van der Waals surface area contributed by atoms with Gasteiger partial charge in [0.25, 0.3) is 0 Å². The van der Waals surface area contributed by atoms with E-state index >= 15 is 0 Å². The summed E-state index contributed by atoms with van der Waals surface area (Å²) < 4.78 is 0. The van der Waals surface area contributed by atoms with Crippen LogP contribution >= 0.6 is 24.8 Å². The van der Waals surface area contributed by atoms with Gasteiger partial charge in [-0.05, 0) is 62.0 Å². The van der Waals surface area contributed by atoms with E-state index in [1.807, 2.05) is 6.92 Å². The van der Waals surface area contributed by atoms with Gasteiger partial charge in [0.15, 0.2) is 0 Å². The molecule has 1 amide bonds. The molecule has 4 nitrogen and oxygen atoms in total. The van der Waals surface area contributed by atoms with Gasteiger partial charge < -0.3 is 10.6 Å². The highest BCUT2D eigenvalue weighted by Gasteiger charge is 2.28. The lowest BCUT2D eigenvalue weighted by Gasteiger charge is -2.31. The van der Waals surface area contributed by atoms with Crippen LogP contribution in [-0.4, -0.2) is 37.0 Å². The minimum absolute atomic E-state index is 0. The fourth-order valence-electron chi connectivity index (χ4n) is 3.55. The van der Waals surface area contributed by atoms with Crippen LogP contribution in [0, 0.1) is 17.8 Å². The Balaban J connectivity index is 0.00000169. The molecule has 3 rings (SSSR count). The lowest BCUT2D eigenvalue weighted by molar-refractivity contribution is -0.126. The van der Waals surface area contributed by atoms with Crippen LogP contribution in [0.5, 0.6) is 0 Å². The molecule has 0 radical (unpaired) electrons. The van der Waals surface area contributed by atoms with E-state index in [0.29, 0.717) is 12.5 Å². The quantitative estimate of drug-likeness (QED) is 0.768. The van der Waals surface area contributed by atoms with Gasteiger partial charge in [-0.2, -0.15) is 0 Å². The first-order valence-electron chi connectivity index (χ1n) is 9.40. The number of nitrogens with zero attached hydrogens (tertiary/aromatic N) is 1. The van der Waals surface area contributed by atoms with Crippen molar-refractivity contribution in [1.29, 1.82) is 0 Å². The van der Waals surface area contributed by atoms with Crippen molar-refractivity contribution in [2.75, 3.05) is 26.2 Å². The number of amides is 1. The van der Waals surface area contributed by atoms with E-state index in [0.717, 1.165) is 25.6 Å². The molecule has 2 saturated heterocycles. The molecule has 2 fully saturated rings. The predicted octanol–water partition coefficient (Wildman–Crippen LogP) is 3.23. The van der Waals surface area contributed by atoms with Gasteiger partial charge in [0, 0.05) is 19.0 Å². The molecule has 26 heavy (non-hydrogen) atoms. The Bertz CT molecular complexity index is 558. The highest BCUT2D eigenvalue weighted by molar-refractivity contribution is 5.85. The summed E-state index contributed by atoms with van der Waals surface area (Å²) in [4.78, 5) is 14.8. The van der Waals surface area contributed by atoms with E-state index in [1.54, 1.807) is 0 Å². The van der Waals surface area contributed by atoms with E-state index in [1.165, 1.54) is 37.1 Å². The largest absolute Gasteiger partial charge is 0.352 e. The monoisotopic (exact) mass is 401 g/mol. The van der Waals surface area contributed by atoms with Crippen molar-refractivity contribution >= 4 is 30.7 Å². The first-order valence-corrected chi connectivity index (χ1v) is 9.40. The van der Waals surface area contributed by atoms with Gasteiger partial charge in [0.1, 0.15) is 0 Å². The maximum absolute atomic E-state index is 12.2. The predicted molar refractivity (Wildman–Crippen MR) is 112 cm³/mol. The Morgan fingerprint density at radius 1 is 1.23 bits per heavy atom. The number of piperidine rings is 1. The van der Waals surface area contributed by atoms with Crippen LogP contribution in [0.1, 0.15) is 37.8 Å². The molecule has 0 saturated carbocycles. The van der Waals surface area contributed by atoms with Crippen LogP contribution < -0.4 is 10.6 Å². The number of nitrogens with one attached hydrogen (secondary N) is 2. The smallest absolute Gasteiger partial charge is 0.223 e. The number of carbonyl (C=O) groups excluding carboxylic acids is 1. The Labute approximate surface area is 170 Å². The van der Waals surface area contributed by atoms with Gasteiger partial charge in [-0.1, -0.05) is 38.1 Å². The molecular formula is C20H33Cl2N3O. The Kier molecular flexibility index (Phi) is 9.94. The van der Waals surface area contributed by atoms with Gasteiger partial charge in [0.2, 0.25) is 5.91 Å². The summed E-state index contributed by atoms with van der Waals surface area (Å²) in [7, 11) is 0. The van der Waals surface area contributed by atoms with E-state index in [-0.39, 0.29) is 36.6 Å². The van der Waals surface area contributed by atoms with Gasteiger partial charge in [-0.25, -0.2) is 0 Å². The molecule has 0 bridgehead atoms. The van der Waals surface area contributed by atoms with E-state index < -0.39 is 0 Å². The Morgan fingerprint density at radius 2 is 1.88 bits per heavy atom. The third kappa shape index (κ3) is 6.41. The summed E-state index contributed by atoms with van der Waals surface area (Å²) >= 11 is 0. The van der Waals surface area contributed by atoms with Gasteiger partial charge in [-0.3, -0.25) is 9.69 Å². The first-order chi connectivity index (χ1) is 11.6. The number of hydrogen-bond donors (Lipinski definition) is 2. The average Bonchev–Trinajstić information content (AvgIpc) is 2.53. The van der Waals surface area contributed by atoms with Gasteiger partial charge in [-0.15, -0.1) is 24.8 Å². The molecule has 6 heteroatoms. The van der Waals surface area contributed by atoms with Crippen LogP contribution in [0.15, 0.2) is 24.3 Å². The van der Waals surface area contributed by atoms with Gasteiger partial charge in [0.05, 0.1) is 0 Å². The Morgan fingerprint density at radius 3 is 2.50 bits per heavy atom. The van der Waals surface area contributed by atoms with Crippen LogP contribution in [0.25, 0.3) is 0 Å². The number of rotatable bonds is 6. The molecule has 2 aliphatic rings. The second-order valence-corrected chi connectivity index (χ2v) is 7.70. The second-order valence-electron chi connectivity index (χ2n) is 7.70. The lowest BCUT2D eigenvalue weighted by atomic mass is 9.88. The van der Waals surface area contributed by atoms with Crippen molar-refractivity contribution in [2.24, 2.45) is 17.8 Å².